The standard InChI is InChI=1S/C20H31N3O3/c1-20(2,3)26-19(25)22-17(15-16-9-7-6-8-10-16)11-12-18(24)21-13-14-23(4)5/h6-12,17H,13-15H2,1-5H3,(H,21,24)(H,22,25)/t17-/m1/s1. The van der Waals surface area contributed by atoms with E-state index in [1.807, 2.05) is 70.1 Å². The summed E-state index contributed by atoms with van der Waals surface area (Å²) in [4.78, 5) is 26.0. The highest BCUT2D eigenvalue weighted by atomic mass is 16.6. The van der Waals surface area contributed by atoms with Crippen molar-refractivity contribution < 1.29 is 14.3 Å². The topological polar surface area (TPSA) is 70.7 Å². The van der Waals surface area contributed by atoms with E-state index in [0.717, 1.165) is 12.1 Å². The molecule has 6 heteroatoms. The van der Waals surface area contributed by atoms with Crippen molar-refractivity contribution in [2.45, 2.75) is 38.8 Å². The Kier molecular flexibility index (Phi) is 8.85. The van der Waals surface area contributed by atoms with Crippen molar-refractivity contribution in [3.8, 4) is 0 Å². The first-order valence-corrected chi connectivity index (χ1v) is 8.80. The Labute approximate surface area is 156 Å². The largest absolute Gasteiger partial charge is 0.444 e. The van der Waals surface area contributed by atoms with Gasteiger partial charge in [-0.05, 0) is 46.9 Å². The SMILES string of the molecule is CN(C)CCNC(=O)C=C[C@H](Cc1ccccc1)NC(=O)OC(C)(C)C. The minimum Gasteiger partial charge on any atom is -0.444 e. The van der Waals surface area contributed by atoms with Gasteiger partial charge < -0.3 is 20.3 Å². The number of carbonyl (C=O) groups excluding carboxylic acids is 2. The van der Waals surface area contributed by atoms with Gasteiger partial charge in [0.25, 0.3) is 0 Å². The van der Waals surface area contributed by atoms with E-state index >= 15 is 0 Å². The van der Waals surface area contributed by atoms with Crippen molar-refractivity contribution in [1.82, 2.24) is 15.5 Å². The van der Waals surface area contributed by atoms with E-state index in [-0.39, 0.29) is 11.9 Å². The maximum Gasteiger partial charge on any atom is 0.408 e. The molecule has 1 aromatic rings. The molecule has 0 spiro atoms. The van der Waals surface area contributed by atoms with E-state index in [0.29, 0.717) is 13.0 Å². The quantitative estimate of drug-likeness (QED) is 0.698. The summed E-state index contributed by atoms with van der Waals surface area (Å²) >= 11 is 0. The molecule has 2 N–H and O–H groups in total. The molecule has 26 heavy (non-hydrogen) atoms. The summed E-state index contributed by atoms with van der Waals surface area (Å²) in [5.41, 5.74) is 0.487. The summed E-state index contributed by atoms with van der Waals surface area (Å²) in [7, 11) is 3.89. The normalized spacial score (nSPS) is 12.8. The summed E-state index contributed by atoms with van der Waals surface area (Å²) in [6.45, 7) is 6.77. The molecule has 2 amide bonds. The van der Waals surface area contributed by atoms with Gasteiger partial charge in [0, 0.05) is 19.2 Å². The van der Waals surface area contributed by atoms with E-state index in [9.17, 15) is 9.59 Å². The Morgan fingerprint density at radius 2 is 1.85 bits per heavy atom. The lowest BCUT2D eigenvalue weighted by molar-refractivity contribution is -0.116. The van der Waals surface area contributed by atoms with Crippen LogP contribution >= 0.6 is 0 Å². The highest BCUT2D eigenvalue weighted by molar-refractivity contribution is 5.87. The van der Waals surface area contributed by atoms with Crippen LogP contribution in [0, 0.1) is 0 Å². The van der Waals surface area contributed by atoms with Crippen LogP contribution in [-0.4, -0.2) is 55.7 Å². The fourth-order valence-electron chi connectivity index (χ4n) is 2.16. The summed E-state index contributed by atoms with van der Waals surface area (Å²) < 4.78 is 5.31. The van der Waals surface area contributed by atoms with Gasteiger partial charge in [-0.15, -0.1) is 0 Å². The van der Waals surface area contributed by atoms with Gasteiger partial charge in [-0.3, -0.25) is 4.79 Å². The molecule has 0 aliphatic heterocycles. The van der Waals surface area contributed by atoms with Gasteiger partial charge >= 0.3 is 6.09 Å². The lowest BCUT2D eigenvalue weighted by atomic mass is 10.1. The van der Waals surface area contributed by atoms with Crippen molar-refractivity contribution >= 4 is 12.0 Å². The molecule has 0 unspecified atom stereocenters. The van der Waals surface area contributed by atoms with Crippen molar-refractivity contribution in [1.29, 1.82) is 0 Å². The van der Waals surface area contributed by atoms with E-state index in [1.54, 1.807) is 6.08 Å². The van der Waals surface area contributed by atoms with Crippen LogP contribution in [0.15, 0.2) is 42.5 Å². The van der Waals surface area contributed by atoms with E-state index in [2.05, 4.69) is 10.6 Å². The lowest BCUT2D eigenvalue weighted by Gasteiger charge is -2.22. The third-order valence-electron chi connectivity index (χ3n) is 3.34. The summed E-state index contributed by atoms with van der Waals surface area (Å²) in [6.07, 6.45) is 3.22. The number of nitrogens with one attached hydrogen (secondary N) is 2. The van der Waals surface area contributed by atoms with Crippen molar-refractivity contribution in [2.24, 2.45) is 0 Å². The van der Waals surface area contributed by atoms with Crippen LogP contribution in [0.2, 0.25) is 0 Å². The predicted octanol–water partition coefficient (Wildman–Crippen LogP) is 2.36. The second-order valence-corrected chi connectivity index (χ2v) is 7.40. The second-order valence-electron chi connectivity index (χ2n) is 7.40. The van der Waals surface area contributed by atoms with Crippen molar-refractivity contribution in [3.05, 3.63) is 48.0 Å². The summed E-state index contributed by atoms with van der Waals surface area (Å²) in [6, 6.07) is 9.44. The van der Waals surface area contributed by atoms with Crippen LogP contribution < -0.4 is 10.6 Å². The van der Waals surface area contributed by atoms with Gasteiger partial charge in [-0.2, -0.15) is 0 Å². The van der Waals surface area contributed by atoms with Gasteiger partial charge in [0.2, 0.25) is 5.91 Å². The number of amides is 2. The van der Waals surface area contributed by atoms with E-state index < -0.39 is 11.7 Å². The molecule has 0 heterocycles. The average molecular weight is 361 g/mol. The maximum absolute atomic E-state index is 12.1. The second kappa shape index (κ2) is 10.6. The zero-order valence-corrected chi connectivity index (χ0v) is 16.4. The predicted molar refractivity (Wildman–Crippen MR) is 104 cm³/mol. The molecule has 144 valence electrons. The third-order valence-corrected chi connectivity index (χ3v) is 3.34. The van der Waals surface area contributed by atoms with Crippen LogP contribution in [0.4, 0.5) is 4.79 Å². The van der Waals surface area contributed by atoms with Crippen LogP contribution in [-0.2, 0) is 16.0 Å². The van der Waals surface area contributed by atoms with Gasteiger partial charge in [0.1, 0.15) is 5.60 Å². The first-order chi connectivity index (χ1) is 12.2. The van der Waals surface area contributed by atoms with Gasteiger partial charge in [0.15, 0.2) is 0 Å². The van der Waals surface area contributed by atoms with Crippen LogP contribution in [0.1, 0.15) is 26.3 Å². The molecule has 0 saturated carbocycles. The number of rotatable bonds is 8. The number of hydrogen-bond acceptors (Lipinski definition) is 4. The number of likely N-dealkylation sites (N-methyl/N-ethyl adjacent to an activating group) is 1. The average Bonchev–Trinajstić information content (AvgIpc) is 2.51. The molecular formula is C20H31N3O3. The third kappa shape index (κ3) is 10.5. The monoisotopic (exact) mass is 361 g/mol. The number of benzene rings is 1. The highest BCUT2D eigenvalue weighted by Gasteiger charge is 2.18. The molecule has 0 fully saturated rings. The maximum atomic E-state index is 12.1. The fourth-order valence-corrected chi connectivity index (χ4v) is 2.16. The lowest BCUT2D eigenvalue weighted by Crippen LogP contribution is -2.39. The van der Waals surface area contributed by atoms with E-state index in [4.69, 9.17) is 4.74 Å². The highest BCUT2D eigenvalue weighted by Crippen LogP contribution is 2.09. The number of carbonyl (C=O) groups is 2. The first-order valence-electron chi connectivity index (χ1n) is 8.80. The van der Waals surface area contributed by atoms with E-state index in [1.165, 1.54) is 6.08 Å². The van der Waals surface area contributed by atoms with Crippen LogP contribution in [0.5, 0.6) is 0 Å². The van der Waals surface area contributed by atoms with Crippen LogP contribution in [0.25, 0.3) is 0 Å². The minimum absolute atomic E-state index is 0.184. The Morgan fingerprint density at radius 3 is 2.42 bits per heavy atom. The van der Waals surface area contributed by atoms with Crippen LogP contribution in [0.3, 0.4) is 0 Å². The molecule has 0 aliphatic rings. The molecular weight excluding hydrogens is 330 g/mol. The Hall–Kier alpha value is -2.34. The first kappa shape index (κ1) is 21.7. The molecule has 0 bridgehead atoms. The Balaban J connectivity index is 2.69. The number of nitrogens with zero attached hydrogens (tertiary/aromatic N) is 1. The number of alkyl carbamates (subject to hydrolysis) is 1. The molecule has 6 nitrogen and oxygen atoms in total. The molecule has 0 saturated heterocycles. The summed E-state index contributed by atoms with van der Waals surface area (Å²) in [5.74, 6) is -0.184. The molecule has 1 aromatic carbocycles. The summed E-state index contributed by atoms with van der Waals surface area (Å²) in [5, 5.41) is 5.63. The fraction of sp³-hybridized carbons (Fsp3) is 0.500. The minimum atomic E-state index is -0.575. The Bertz CT molecular complexity index is 592. The zero-order valence-electron chi connectivity index (χ0n) is 16.4. The van der Waals surface area contributed by atoms with Crippen molar-refractivity contribution in [2.75, 3.05) is 27.2 Å². The van der Waals surface area contributed by atoms with Gasteiger partial charge in [-0.25, -0.2) is 4.79 Å². The molecule has 0 aliphatic carbocycles. The Morgan fingerprint density at radius 1 is 1.19 bits per heavy atom. The number of ether oxygens (including phenoxy) is 1. The zero-order chi connectivity index (χ0) is 19.6. The molecule has 1 atom stereocenters. The van der Waals surface area contributed by atoms with Gasteiger partial charge in [-0.1, -0.05) is 36.4 Å². The van der Waals surface area contributed by atoms with Crippen molar-refractivity contribution in [3.63, 3.8) is 0 Å². The molecule has 0 aromatic heterocycles. The number of hydrogen-bond donors (Lipinski definition) is 2. The smallest absolute Gasteiger partial charge is 0.408 e. The molecule has 0 radical (unpaired) electrons. The van der Waals surface area contributed by atoms with Gasteiger partial charge in [0.05, 0.1) is 6.04 Å². The molecule has 1 rings (SSSR count).